The monoisotopic (exact) mass is 433 g/mol. The minimum absolute atomic E-state index is 0.0656. The molecule has 2 rings (SSSR count). The summed E-state index contributed by atoms with van der Waals surface area (Å²) in [5, 5.41) is 2.67. The summed E-state index contributed by atoms with van der Waals surface area (Å²) < 4.78 is 57.1. The second kappa shape index (κ2) is 9.21. The minimum atomic E-state index is -3.72. The third-order valence-corrected chi connectivity index (χ3v) is 7.18. The van der Waals surface area contributed by atoms with E-state index in [4.69, 9.17) is 4.74 Å². The second-order valence-corrected chi connectivity index (χ2v) is 10.8. The number of ether oxygens (including phenoxy) is 1. The largest absolute Gasteiger partial charge is 0.379 e. The van der Waals surface area contributed by atoms with Crippen LogP contribution in [0.1, 0.15) is 13.8 Å². The van der Waals surface area contributed by atoms with Crippen LogP contribution in [0.2, 0.25) is 0 Å². The van der Waals surface area contributed by atoms with Crippen LogP contribution in [0.3, 0.4) is 0 Å². The third-order valence-electron chi connectivity index (χ3n) is 4.13. The van der Waals surface area contributed by atoms with E-state index < -0.39 is 26.0 Å². The molecule has 1 aliphatic rings. The van der Waals surface area contributed by atoms with E-state index in [0.717, 1.165) is 10.6 Å². The Bertz CT molecular complexity index is 876. The maximum Gasteiger partial charge on any atom is 0.243 e. The zero-order chi connectivity index (χ0) is 20.9. The van der Waals surface area contributed by atoms with Gasteiger partial charge in [0.15, 0.2) is 0 Å². The van der Waals surface area contributed by atoms with Crippen LogP contribution in [0.5, 0.6) is 0 Å². The van der Waals surface area contributed by atoms with E-state index in [-0.39, 0.29) is 36.1 Å². The van der Waals surface area contributed by atoms with E-state index in [1.165, 1.54) is 28.6 Å². The van der Waals surface area contributed by atoms with Gasteiger partial charge >= 0.3 is 0 Å². The highest BCUT2D eigenvalue weighted by atomic mass is 32.2. The van der Waals surface area contributed by atoms with Gasteiger partial charge in [-0.25, -0.2) is 16.8 Å². The zero-order valence-electron chi connectivity index (χ0n) is 16.3. The normalized spacial score (nSPS) is 16.1. The Labute approximate surface area is 166 Å². The maximum atomic E-state index is 12.7. The van der Waals surface area contributed by atoms with Crippen molar-refractivity contribution in [2.75, 3.05) is 50.0 Å². The fraction of sp³-hybridized carbons (Fsp3) is 0.588. The molecule has 0 saturated carbocycles. The van der Waals surface area contributed by atoms with E-state index in [0.29, 0.717) is 19.8 Å². The van der Waals surface area contributed by atoms with Gasteiger partial charge in [0.25, 0.3) is 0 Å². The number of amides is 1. The number of carbonyl (C=O) groups excluding carboxylic acids is 1. The van der Waals surface area contributed by atoms with Gasteiger partial charge in [-0.3, -0.25) is 9.10 Å². The number of hydrogen-bond acceptors (Lipinski definition) is 6. The average Bonchev–Trinajstić information content (AvgIpc) is 2.64. The Hall–Kier alpha value is -1.69. The van der Waals surface area contributed by atoms with Gasteiger partial charge in [-0.2, -0.15) is 4.31 Å². The van der Waals surface area contributed by atoms with E-state index in [9.17, 15) is 21.6 Å². The van der Waals surface area contributed by atoms with Gasteiger partial charge in [-0.05, 0) is 30.2 Å². The quantitative estimate of drug-likeness (QED) is 0.629. The van der Waals surface area contributed by atoms with Gasteiger partial charge in [0.1, 0.15) is 6.54 Å². The molecule has 9 nitrogen and oxygen atoms in total. The summed E-state index contributed by atoms with van der Waals surface area (Å²) in [6, 6.07) is 5.49. The molecule has 1 N–H and O–H groups in total. The van der Waals surface area contributed by atoms with Gasteiger partial charge in [0.05, 0.1) is 30.1 Å². The fourth-order valence-corrected chi connectivity index (χ4v) is 4.89. The number of morpholine rings is 1. The second-order valence-electron chi connectivity index (χ2n) is 6.98. The number of nitrogens with zero attached hydrogens (tertiary/aromatic N) is 2. The summed E-state index contributed by atoms with van der Waals surface area (Å²) in [5.41, 5.74) is 0.225. The van der Waals surface area contributed by atoms with Gasteiger partial charge in [-0.15, -0.1) is 0 Å². The average molecular weight is 434 g/mol. The molecule has 1 aromatic rings. The molecule has 0 atom stereocenters. The predicted octanol–water partition coefficient (Wildman–Crippen LogP) is 0.246. The Morgan fingerprint density at radius 1 is 1.14 bits per heavy atom. The highest BCUT2D eigenvalue weighted by molar-refractivity contribution is 7.92. The third kappa shape index (κ3) is 5.90. The molecular formula is C17H27N3O6S2. The lowest BCUT2D eigenvalue weighted by Crippen LogP contribution is -2.41. The Morgan fingerprint density at radius 2 is 1.71 bits per heavy atom. The molecule has 1 aromatic carbocycles. The number of rotatable bonds is 8. The molecule has 0 radical (unpaired) electrons. The molecule has 0 spiro atoms. The number of hydrogen-bond donors (Lipinski definition) is 1. The van der Waals surface area contributed by atoms with Crippen molar-refractivity contribution in [3.8, 4) is 0 Å². The Morgan fingerprint density at radius 3 is 2.21 bits per heavy atom. The van der Waals surface area contributed by atoms with Crippen LogP contribution in [0.4, 0.5) is 5.69 Å². The molecule has 0 unspecified atom stereocenters. The van der Waals surface area contributed by atoms with Crippen LogP contribution in [0, 0.1) is 5.92 Å². The van der Waals surface area contributed by atoms with E-state index >= 15 is 0 Å². The molecule has 28 heavy (non-hydrogen) atoms. The van der Waals surface area contributed by atoms with Crippen molar-refractivity contribution in [2.24, 2.45) is 5.92 Å². The van der Waals surface area contributed by atoms with Crippen LogP contribution < -0.4 is 9.62 Å². The molecule has 0 bridgehead atoms. The topological polar surface area (TPSA) is 113 Å². The summed E-state index contributed by atoms with van der Waals surface area (Å²) in [5.74, 6) is -0.190. The first kappa shape index (κ1) is 22.6. The first-order chi connectivity index (χ1) is 13.0. The summed E-state index contributed by atoms with van der Waals surface area (Å²) in [4.78, 5) is 12.1. The summed E-state index contributed by atoms with van der Waals surface area (Å²) in [6.07, 6.45) is 1.00. The zero-order valence-corrected chi connectivity index (χ0v) is 17.9. The van der Waals surface area contributed by atoms with Crippen LogP contribution in [0.15, 0.2) is 29.2 Å². The molecule has 0 aliphatic carbocycles. The van der Waals surface area contributed by atoms with Crippen molar-refractivity contribution in [1.29, 1.82) is 0 Å². The first-order valence-electron chi connectivity index (χ1n) is 8.94. The van der Waals surface area contributed by atoms with E-state index in [2.05, 4.69) is 5.32 Å². The summed E-state index contributed by atoms with van der Waals surface area (Å²) >= 11 is 0. The van der Waals surface area contributed by atoms with Crippen molar-refractivity contribution in [2.45, 2.75) is 18.7 Å². The van der Waals surface area contributed by atoms with Crippen molar-refractivity contribution < 1.29 is 26.4 Å². The first-order valence-corrected chi connectivity index (χ1v) is 12.2. The van der Waals surface area contributed by atoms with Gasteiger partial charge in [-0.1, -0.05) is 13.8 Å². The van der Waals surface area contributed by atoms with Gasteiger partial charge in [0.2, 0.25) is 26.0 Å². The van der Waals surface area contributed by atoms with Crippen LogP contribution >= 0.6 is 0 Å². The minimum Gasteiger partial charge on any atom is -0.379 e. The highest BCUT2D eigenvalue weighted by Gasteiger charge is 2.27. The lowest BCUT2D eigenvalue weighted by molar-refractivity contribution is -0.119. The number of anilines is 1. The van der Waals surface area contributed by atoms with Gasteiger partial charge in [0, 0.05) is 19.6 Å². The molecule has 11 heteroatoms. The van der Waals surface area contributed by atoms with Crippen molar-refractivity contribution in [3.63, 3.8) is 0 Å². The van der Waals surface area contributed by atoms with Crippen molar-refractivity contribution in [1.82, 2.24) is 9.62 Å². The molecular weight excluding hydrogens is 406 g/mol. The van der Waals surface area contributed by atoms with Crippen LogP contribution in [-0.2, 0) is 29.6 Å². The maximum absolute atomic E-state index is 12.7. The molecule has 1 heterocycles. The number of benzene rings is 1. The summed E-state index contributed by atoms with van der Waals surface area (Å²) in [6.45, 7) is 5.15. The van der Waals surface area contributed by atoms with Gasteiger partial charge < -0.3 is 10.1 Å². The molecule has 1 amide bonds. The lowest BCUT2D eigenvalue weighted by atomic mass is 10.2. The molecule has 1 fully saturated rings. The molecule has 1 saturated heterocycles. The lowest BCUT2D eigenvalue weighted by Gasteiger charge is -2.26. The molecule has 158 valence electrons. The molecule has 0 aromatic heterocycles. The highest BCUT2D eigenvalue weighted by Crippen LogP contribution is 2.23. The predicted molar refractivity (Wildman–Crippen MR) is 106 cm³/mol. The Kier molecular flexibility index (Phi) is 7.43. The SMILES string of the molecule is CC(C)CNC(=O)CN(c1ccc(S(=O)(=O)N2CCOCC2)cc1)S(C)(=O)=O. The fourth-order valence-electron chi connectivity index (χ4n) is 2.62. The Balaban J connectivity index is 2.20. The van der Waals surface area contributed by atoms with Crippen molar-refractivity contribution >= 4 is 31.6 Å². The smallest absolute Gasteiger partial charge is 0.243 e. The van der Waals surface area contributed by atoms with E-state index in [1.54, 1.807) is 0 Å². The summed E-state index contributed by atoms with van der Waals surface area (Å²) in [7, 11) is -7.40. The number of carbonyl (C=O) groups is 1. The van der Waals surface area contributed by atoms with Crippen LogP contribution in [0.25, 0.3) is 0 Å². The van der Waals surface area contributed by atoms with E-state index in [1.807, 2.05) is 13.8 Å². The molecule has 1 aliphatic heterocycles. The number of sulfonamides is 2. The number of nitrogens with one attached hydrogen (secondary N) is 1. The van der Waals surface area contributed by atoms with Crippen molar-refractivity contribution in [3.05, 3.63) is 24.3 Å². The standard InChI is InChI=1S/C17H27N3O6S2/c1-14(2)12-18-17(21)13-20(27(3,22)23)15-4-6-16(7-5-15)28(24,25)19-8-10-26-11-9-19/h4-7,14H,8-13H2,1-3H3,(H,18,21). The van der Waals surface area contributed by atoms with Crippen LogP contribution in [-0.4, -0.2) is 72.7 Å².